The predicted octanol–water partition coefficient (Wildman–Crippen LogP) is 2.25. The molecule has 0 spiro atoms. The molecule has 1 amide bonds. The Morgan fingerprint density at radius 1 is 1.26 bits per heavy atom. The van der Waals surface area contributed by atoms with E-state index >= 15 is 0 Å². The molecule has 1 fully saturated rings. The molecule has 8 nitrogen and oxygen atoms in total. The first-order valence-electron chi connectivity index (χ1n) is 9.24. The predicted molar refractivity (Wildman–Crippen MR) is 95.7 cm³/mol. The van der Waals surface area contributed by atoms with Crippen LogP contribution in [0.2, 0.25) is 0 Å². The Labute approximate surface area is 156 Å². The first kappa shape index (κ1) is 16.2. The van der Waals surface area contributed by atoms with Crippen molar-refractivity contribution in [3.05, 3.63) is 47.7 Å². The van der Waals surface area contributed by atoms with Gasteiger partial charge in [-0.25, -0.2) is 9.97 Å². The van der Waals surface area contributed by atoms with E-state index in [1.165, 1.54) is 24.9 Å². The molecule has 5 rings (SSSR count). The van der Waals surface area contributed by atoms with Crippen molar-refractivity contribution >= 4 is 5.91 Å². The number of carbonyl (C=O) groups is 1. The molecule has 1 aliphatic carbocycles. The van der Waals surface area contributed by atoms with Gasteiger partial charge in [0.05, 0.1) is 18.4 Å². The number of hydrogen-bond donors (Lipinski definition) is 0. The number of aromatic nitrogens is 5. The molecule has 27 heavy (non-hydrogen) atoms. The topological polar surface area (TPSA) is 89.9 Å². The van der Waals surface area contributed by atoms with Crippen molar-refractivity contribution in [3.8, 4) is 11.4 Å². The van der Waals surface area contributed by atoms with Crippen LogP contribution in [-0.2, 0) is 19.5 Å². The van der Waals surface area contributed by atoms with Crippen molar-refractivity contribution in [2.45, 2.75) is 39.3 Å². The summed E-state index contributed by atoms with van der Waals surface area (Å²) < 4.78 is 7.27. The Hall–Kier alpha value is -3.03. The molecular weight excluding hydrogens is 344 g/mol. The van der Waals surface area contributed by atoms with Gasteiger partial charge >= 0.3 is 0 Å². The fourth-order valence-corrected chi connectivity index (χ4v) is 3.56. The van der Waals surface area contributed by atoms with Gasteiger partial charge in [0.15, 0.2) is 6.39 Å². The highest BCUT2D eigenvalue weighted by Crippen LogP contribution is 2.34. The maximum atomic E-state index is 12.9. The smallest absolute Gasteiger partial charge is 0.274 e. The zero-order valence-corrected chi connectivity index (χ0v) is 15.1. The largest absolute Gasteiger partial charge is 0.451 e. The molecule has 0 atom stereocenters. The minimum absolute atomic E-state index is 0.103. The molecule has 1 aliphatic heterocycles. The Morgan fingerprint density at radius 3 is 2.85 bits per heavy atom. The highest BCUT2D eigenvalue weighted by atomic mass is 16.3. The van der Waals surface area contributed by atoms with Crippen LogP contribution in [0.1, 0.15) is 40.3 Å². The molecule has 0 aromatic carbocycles. The Morgan fingerprint density at radius 2 is 2.15 bits per heavy atom. The van der Waals surface area contributed by atoms with Crippen LogP contribution in [0.25, 0.3) is 11.4 Å². The number of rotatable bonds is 4. The third-order valence-corrected chi connectivity index (χ3v) is 5.22. The molecule has 3 aromatic heterocycles. The van der Waals surface area contributed by atoms with Gasteiger partial charge in [0.1, 0.15) is 23.3 Å². The van der Waals surface area contributed by atoms with E-state index in [0.717, 1.165) is 35.8 Å². The van der Waals surface area contributed by atoms with Crippen molar-refractivity contribution in [1.82, 2.24) is 29.6 Å². The van der Waals surface area contributed by atoms with Crippen molar-refractivity contribution in [2.75, 3.05) is 6.54 Å². The molecule has 8 heteroatoms. The monoisotopic (exact) mass is 364 g/mol. The van der Waals surface area contributed by atoms with Crippen LogP contribution in [0.4, 0.5) is 0 Å². The standard InChI is InChI=1S/C19H20N6O2/c1-12-6-21-15(7-20-12)19(26)24-5-4-17-14(9-24)18(16-10-27-11-22-16)23-25(17)8-13-2-3-13/h6-7,10-11,13H,2-5,8-9H2,1H3. The molecular formula is C19H20N6O2. The Balaban J connectivity index is 1.47. The number of fused-ring (bicyclic) bond motifs is 1. The molecule has 3 aromatic rings. The van der Waals surface area contributed by atoms with E-state index in [4.69, 9.17) is 9.52 Å². The summed E-state index contributed by atoms with van der Waals surface area (Å²) in [5.41, 5.74) is 4.96. The summed E-state index contributed by atoms with van der Waals surface area (Å²) in [7, 11) is 0. The number of carbonyl (C=O) groups excluding carboxylic acids is 1. The van der Waals surface area contributed by atoms with E-state index in [1.54, 1.807) is 18.7 Å². The van der Waals surface area contributed by atoms with Crippen molar-refractivity contribution in [2.24, 2.45) is 5.92 Å². The Kier molecular flexibility index (Phi) is 3.77. The highest BCUT2D eigenvalue weighted by Gasteiger charge is 2.32. The average Bonchev–Trinajstić information content (AvgIpc) is 3.20. The third kappa shape index (κ3) is 3.01. The van der Waals surface area contributed by atoms with E-state index in [9.17, 15) is 4.79 Å². The lowest BCUT2D eigenvalue weighted by molar-refractivity contribution is 0.0727. The summed E-state index contributed by atoms with van der Waals surface area (Å²) in [6.07, 6.45) is 9.50. The molecule has 0 N–H and O–H groups in total. The minimum atomic E-state index is -0.103. The summed E-state index contributed by atoms with van der Waals surface area (Å²) in [6.45, 7) is 3.94. The van der Waals surface area contributed by atoms with Crippen LogP contribution in [0.3, 0.4) is 0 Å². The van der Waals surface area contributed by atoms with Gasteiger partial charge in [0.2, 0.25) is 0 Å². The molecule has 0 saturated heterocycles. The second kappa shape index (κ2) is 6.29. The van der Waals surface area contributed by atoms with Crippen LogP contribution < -0.4 is 0 Å². The van der Waals surface area contributed by atoms with Gasteiger partial charge in [-0.15, -0.1) is 0 Å². The number of oxazole rings is 1. The molecule has 1 saturated carbocycles. The summed E-state index contributed by atoms with van der Waals surface area (Å²) in [5.74, 6) is 0.621. The summed E-state index contributed by atoms with van der Waals surface area (Å²) in [6, 6.07) is 0. The number of hydrogen-bond acceptors (Lipinski definition) is 6. The van der Waals surface area contributed by atoms with Gasteiger partial charge in [-0.3, -0.25) is 14.5 Å². The van der Waals surface area contributed by atoms with Gasteiger partial charge in [-0.2, -0.15) is 5.10 Å². The summed E-state index contributed by atoms with van der Waals surface area (Å²) in [5, 5.41) is 4.82. The van der Waals surface area contributed by atoms with Crippen LogP contribution in [0, 0.1) is 12.8 Å². The summed E-state index contributed by atoms with van der Waals surface area (Å²) in [4.78, 5) is 27.4. The lowest BCUT2D eigenvalue weighted by Gasteiger charge is -2.27. The van der Waals surface area contributed by atoms with Gasteiger partial charge < -0.3 is 9.32 Å². The zero-order valence-electron chi connectivity index (χ0n) is 15.1. The maximum Gasteiger partial charge on any atom is 0.274 e. The van der Waals surface area contributed by atoms with Gasteiger partial charge in [0, 0.05) is 37.0 Å². The second-order valence-corrected chi connectivity index (χ2v) is 7.29. The van der Waals surface area contributed by atoms with Crippen molar-refractivity contribution < 1.29 is 9.21 Å². The minimum Gasteiger partial charge on any atom is -0.451 e. The van der Waals surface area contributed by atoms with E-state index < -0.39 is 0 Å². The Bertz CT molecular complexity index is 973. The lowest BCUT2D eigenvalue weighted by Crippen LogP contribution is -2.37. The lowest BCUT2D eigenvalue weighted by atomic mass is 10.0. The molecule has 4 heterocycles. The van der Waals surface area contributed by atoms with E-state index in [0.29, 0.717) is 24.5 Å². The van der Waals surface area contributed by atoms with Crippen molar-refractivity contribution in [1.29, 1.82) is 0 Å². The number of nitrogens with zero attached hydrogens (tertiary/aromatic N) is 6. The summed E-state index contributed by atoms with van der Waals surface area (Å²) >= 11 is 0. The quantitative estimate of drug-likeness (QED) is 0.705. The zero-order chi connectivity index (χ0) is 18.4. The fourth-order valence-electron chi connectivity index (χ4n) is 3.56. The molecule has 0 unspecified atom stereocenters. The first-order chi connectivity index (χ1) is 13.2. The maximum absolute atomic E-state index is 12.9. The first-order valence-corrected chi connectivity index (χ1v) is 9.24. The van der Waals surface area contributed by atoms with Gasteiger partial charge in [0.25, 0.3) is 5.91 Å². The van der Waals surface area contributed by atoms with Crippen LogP contribution in [0.15, 0.2) is 29.5 Å². The normalized spacial score (nSPS) is 16.4. The van der Waals surface area contributed by atoms with E-state index in [-0.39, 0.29) is 5.91 Å². The third-order valence-electron chi connectivity index (χ3n) is 5.22. The van der Waals surface area contributed by atoms with Gasteiger partial charge in [-0.05, 0) is 25.7 Å². The van der Waals surface area contributed by atoms with Crippen LogP contribution in [0.5, 0.6) is 0 Å². The van der Waals surface area contributed by atoms with E-state index in [1.807, 2.05) is 11.8 Å². The highest BCUT2D eigenvalue weighted by molar-refractivity contribution is 5.92. The average molecular weight is 364 g/mol. The van der Waals surface area contributed by atoms with E-state index in [2.05, 4.69) is 19.6 Å². The van der Waals surface area contributed by atoms with Crippen LogP contribution >= 0.6 is 0 Å². The van der Waals surface area contributed by atoms with Crippen molar-refractivity contribution in [3.63, 3.8) is 0 Å². The van der Waals surface area contributed by atoms with Crippen LogP contribution in [-0.4, -0.2) is 42.1 Å². The fraction of sp³-hybridized carbons (Fsp3) is 0.421. The molecule has 138 valence electrons. The molecule has 2 aliphatic rings. The SMILES string of the molecule is Cc1cnc(C(=O)N2CCc3c(c(-c4cocn4)nn3CC3CC3)C2)cn1. The molecule has 0 radical (unpaired) electrons. The van der Waals surface area contributed by atoms with Gasteiger partial charge in [-0.1, -0.05) is 0 Å². The second-order valence-electron chi connectivity index (χ2n) is 7.29. The number of amides is 1. The molecule has 0 bridgehead atoms. The number of aryl methyl sites for hydroxylation is 1.